The van der Waals surface area contributed by atoms with Gasteiger partial charge in [-0.15, -0.1) is 0 Å². The van der Waals surface area contributed by atoms with Crippen molar-refractivity contribution in [3.63, 3.8) is 0 Å². The van der Waals surface area contributed by atoms with Crippen molar-refractivity contribution < 1.29 is 0 Å². The highest BCUT2D eigenvalue weighted by atomic mass is 14.9. The number of rotatable bonds is 3. The molecule has 0 radical (unpaired) electrons. The van der Waals surface area contributed by atoms with E-state index >= 15 is 0 Å². The summed E-state index contributed by atoms with van der Waals surface area (Å²) in [4.78, 5) is 0. The minimum atomic E-state index is 0.838. The van der Waals surface area contributed by atoms with E-state index in [0.29, 0.717) is 0 Å². The van der Waals surface area contributed by atoms with Crippen molar-refractivity contribution in [1.82, 2.24) is 5.32 Å². The van der Waals surface area contributed by atoms with Gasteiger partial charge >= 0.3 is 0 Å². The van der Waals surface area contributed by atoms with Gasteiger partial charge in [0, 0.05) is 6.04 Å². The van der Waals surface area contributed by atoms with Crippen LogP contribution in [0.4, 0.5) is 0 Å². The molecule has 16 heavy (non-hydrogen) atoms. The molecule has 94 valence electrons. The number of hydrogen-bond acceptors (Lipinski definition) is 1. The van der Waals surface area contributed by atoms with Crippen LogP contribution in [0.15, 0.2) is 0 Å². The van der Waals surface area contributed by atoms with Gasteiger partial charge in [0.2, 0.25) is 0 Å². The van der Waals surface area contributed by atoms with Crippen molar-refractivity contribution in [2.24, 2.45) is 17.8 Å². The first-order valence-electron chi connectivity index (χ1n) is 7.49. The highest BCUT2D eigenvalue weighted by molar-refractivity contribution is 4.79. The summed E-state index contributed by atoms with van der Waals surface area (Å²) in [5.41, 5.74) is 0. The van der Waals surface area contributed by atoms with Crippen LogP contribution in [0.5, 0.6) is 0 Å². The third-order valence-electron chi connectivity index (χ3n) is 4.97. The molecule has 2 rings (SSSR count). The lowest BCUT2D eigenvalue weighted by Crippen LogP contribution is -2.38. The Morgan fingerprint density at radius 3 is 2.25 bits per heavy atom. The summed E-state index contributed by atoms with van der Waals surface area (Å²) in [7, 11) is 0. The normalized spacial score (nSPS) is 40.9. The van der Waals surface area contributed by atoms with Crippen molar-refractivity contribution in [1.29, 1.82) is 0 Å². The second kappa shape index (κ2) is 6.05. The van der Waals surface area contributed by atoms with Crippen LogP contribution in [0.2, 0.25) is 0 Å². The van der Waals surface area contributed by atoms with Crippen LogP contribution in [-0.2, 0) is 0 Å². The van der Waals surface area contributed by atoms with Gasteiger partial charge in [0.25, 0.3) is 0 Å². The van der Waals surface area contributed by atoms with Gasteiger partial charge in [-0.25, -0.2) is 0 Å². The zero-order valence-corrected chi connectivity index (χ0v) is 11.2. The fourth-order valence-electron chi connectivity index (χ4n) is 3.48. The van der Waals surface area contributed by atoms with E-state index in [9.17, 15) is 0 Å². The smallest absolute Gasteiger partial charge is 0.00673 e. The van der Waals surface area contributed by atoms with Gasteiger partial charge in [-0.05, 0) is 56.4 Å². The van der Waals surface area contributed by atoms with E-state index in [1.54, 1.807) is 0 Å². The fraction of sp³-hybridized carbons (Fsp3) is 1.00. The largest absolute Gasteiger partial charge is 0.314 e. The summed E-state index contributed by atoms with van der Waals surface area (Å²) >= 11 is 0. The Labute approximate surface area is 101 Å². The van der Waals surface area contributed by atoms with E-state index in [1.807, 2.05) is 0 Å². The third-order valence-corrected chi connectivity index (χ3v) is 4.97. The number of nitrogens with one attached hydrogen (secondary N) is 1. The third kappa shape index (κ3) is 3.48. The Morgan fingerprint density at radius 2 is 1.56 bits per heavy atom. The minimum absolute atomic E-state index is 0.838. The lowest BCUT2D eigenvalue weighted by atomic mass is 9.80. The zero-order chi connectivity index (χ0) is 11.4. The maximum Gasteiger partial charge on any atom is 0.00673 e. The SMILES string of the molecule is CC1CCC(NCC2CCCCC2C)CC1. The second-order valence-corrected chi connectivity index (χ2v) is 6.39. The van der Waals surface area contributed by atoms with Crippen LogP contribution in [0.1, 0.15) is 65.2 Å². The molecule has 0 aromatic carbocycles. The van der Waals surface area contributed by atoms with Gasteiger partial charge in [0.15, 0.2) is 0 Å². The number of hydrogen-bond donors (Lipinski definition) is 1. The van der Waals surface area contributed by atoms with Gasteiger partial charge in [-0.3, -0.25) is 0 Å². The Kier molecular flexibility index (Phi) is 4.69. The summed E-state index contributed by atoms with van der Waals surface area (Å²) in [5, 5.41) is 3.84. The molecule has 0 bridgehead atoms. The molecule has 0 heterocycles. The molecule has 2 atom stereocenters. The molecule has 1 nitrogen and oxygen atoms in total. The van der Waals surface area contributed by atoms with E-state index in [-0.39, 0.29) is 0 Å². The first kappa shape index (κ1) is 12.4. The van der Waals surface area contributed by atoms with E-state index in [0.717, 1.165) is 23.8 Å². The van der Waals surface area contributed by atoms with Crippen LogP contribution >= 0.6 is 0 Å². The van der Waals surface area contributed by atoms with Crippen LogP contribution in [-0.4, -0.2) is 12.6 Å². The van der Waals surface area contributed by atoms with Crippen LogP contribution in [0.25, 0.3) is 0 Å². The lowest BCUT2D eigenvalue weighted by molar-refractivity contribution is 0.224. The summed E-state index contributed by atoms with van der Waals surface area (Å²) in [6.07, 6.45) is 11.6. The topological polar surface area (TPSA) is 12.0 Å². The lowest BCUT2D eigenvalue weighted by Gasteiger charge is -2.32. The monoisotopic (exact) mass is 223 g/mol. The first-order valence-corrected chi connectivity index (χ1v) is 7.49. The molecule has 2 aliphatic carbocycles. The van der Waals surface area contributed by atoms with Crippen LogP contribution in [0, 0.1) is 17.8 Å². The molecule has 0 aromatic rings. The maximum atomic E-state index is 3.84. The summed E-state index contributed by atoms with van der Waals surface area (Å²) in [6, 6.07) is 0.838. The maximum absolute atomic E-state index is 3.84. The van der Waals surface area contributed by atoms with E-state index in [1.165, 1.54) is 57.9 Å². The van der Waals surface area contributed by atoms with Crippen molar-refractivity contribution in [2.45, 2.75) is 71.3 Å². The highest BCUT2D eigenvalue weighted by Gasteiger charge is 2.23. The Balaban J connectivity index is 1.66. The molecule has 0 saturated heterocycles. The summed E-state index contributed by atoms with van der Waals surface area (Å²) in [5.74, 6) is 2.91. The average Bonchev–Trinajstić information content (AvgIpc) is 2.30. The molecule has 0 spiro atoms. The van der Waals surface area contributed by atoms with Gasteiger partial charge in [-0.2, -0.15) is 0 Å². The Bertz CT molecular complexity index is 194. The molecule has 1 heteroatoms. The second-order valence-electron chi connectivity index (χ2n) is 6.39. The highest BCUT2D eigenvalue weighted by Crippen LogP contribution is 2.30. The van der Waals surface area contributed by atoms with E-state index < -0.39 is 0 Å². The van der Waals surface area contributed by atoms with Crippen LogP contribution < -0.4 is 5.32 Å². The fourth-order valence-corrected chi connectivity index (χ4v) is 3.48. The van der Waals surface area contributed by atoms with E-state index in [4.69, 9.17) is 0 Å². The van der Waals surface area contributed by atoms with Crippen molar-refractivity contribution in [3.05, 3.63) is 0 Å². The minimum Gasteiger partial charge on any atom is -0.314 e. The zero-order valence-electron chi connectivity index (χ0n) is 11.2. The van der Waals surface area contributed by atoms with Crippen molar-refractivity contribution >= 4 is 0 Å². The molecule has 2 saturated carbocycles. The molecule has 2 fully saturated rings. The summed E-state index contributed by atoms with van der Waals surface area (Å²) in [6.45, 7) is 6.15. The molecule has 2 aliphatic rings. The van der Waals surface area contributed by atoms with Crippen molar-refractivity contribution in [3.8, 4) is 0 Å². The molecule has 1 N–H and O–H groups in total. The molecule has 0 aliphatic heterocycles. The summed E-state index contributed by atoms with van der Waals surface area (Å²) < 4.78 is 0. The van der Waals surface area contributed by atoms with Gasteiger partial charge in [-0.1, -0.05) is 33.1 Å². The predicted molar refractivity (Wildman–Crippen MR) is 70.5 cm³/mol. The first-order chi connectivity index (χ1) is 7.75. The van der Waals surface area contributed by atoms with E-state index in [2.05, 4.69) is 19.2 Å². The average molecular weight is 223 g/mol. The van der Waals surface area contributed by atoms with Crippen molar-refractivity contribution in [2.75, 3.05) is 6.54 Å². The molecule has 0 amide bonds. The molecular formula is C15H29N. The van der Waals surface area contributed by atoms with Gasteiger partial charge < -0.3 is 5.32 Å². The van der Waals surface area contributed by atoms with Gasteiger partial charge in [0.1, 0.15) is 0 Å². The Hall–Kier alpha value is -0.0400. The van der Waals surface area contributed by atoms with Crippen LogP contribution in [0.3, 0.4) is 0 Å². The Morgan fingerprint density at radius 1 is 0.875 bits per heavy atom. The molecule has 2 unspecified atom stereocenters. The quantitative estimate of drug-likeness (QED) is 0.763. The van der Waals surface area contributed by atoms with Gasteiger partial charge in [0.05, 0.1) is 0 Å². The predicted octanol–water partition coefficient (Wildman–Crippen LogP) is 3.98. The standard InChI is InChI=1S/C15H29N/c1-12-7-9-15(10-8-12)16-11-14-6-4-3-5-13(14)2/h12-16H,3-11H2,1-2H3. The molecule has 0 aromatic heterocycles. The molecular weight excluding hydrogens is 194 g/mol.